The van der Waals surface area contributed by atoms with Crippen LogP contribution in [-0.4, -0.2) is 0 Å². The summed E-state index contributed by atoms with van der Waals surface area (Å²) in [5, 5.41) is 0. The number of hydrogen-bond donors (Lipinski definition) is 0. The largest absolute Gasteiger partial charge is 0.0880 e. The highest BCUT2D eigenvalue weighted by Gasteiger charge is 2.10. The third-order valence-corrected chi connectivity index (χ3v) is 4.94. The van der Waals surface area contributed by atoms with Crippen LogP contribution in [0.5, 0.6) is 0 Å². The Labute approximate surface area is 120 Å². The predicted molar refractivity (Wildman–Crippen MR) is 85.3 cm³/mol. The van der Waals surface area contributed by atoms with Crippen LogP contribution < -0.4 is 0 Å². The molecule has 1 fully saturated rings. The van der Waals surface area contributed by atoms with Gasteiger partial charge in [0, 0.05) is 0 Å². The monoisotopic (exact) mass is 260 g/mol. The molecule has 1 saturated carbocycles. The van der Waals surface area contributed by atoms with Gasteiger partial charge in [-0.2, -0.15) is 0 Å². The lowest BCUT2D eigenvalue weighted by atomic mass is 9.91. The molecule has 2 aliphatic rings. The van der Waals surface area contributed by atoms with E-state index in [1.165, 1.54) is 77.0 Å². The van der Waals surface area contributed by atoms with Crippen LogP contribution in [0.3, 0.4) is 0 Å². The van der Waals surface area contributed by atoms with Gasteiger partial charge in [0.2, 0.25) is 0 Å². The van der Waals surface area contributed by atoms with E-state index < -0.39 is 0 Å². The first kappa shape index (κ1) is 14.9. The highest BCUT2D eigenvalue weighted by molar-refractivity contribution is 4.96. The molecule has 0 radical (unpaired) electrons. The van der Waals surface area contributed by atoms with Crippen molar-refractivity contribution in [1.29, 1.82) is 0 Å². The average molecular weight is 260 g/mol. The molecule has 0 aliphatic heterocycles. The van der Waals surface area contributed by atoms with E-state index in [2.05, 4.69) is 24.3 Å². The molecular formula is C19H32. The minimum atomic E-state index is 0.866. The summed E-state index contributed by atoms with van der Waals surface area (Å²) in [6, 6.07) is 0. The van der Waals surface area contributed by atoms with Gasteiger partial charge in [-0.3, -0.25) is 0 Å². The van der Waals surface area contributed by atoms with Gasteiger partial charge in [-0.1, -0.05) is 82.1 Å². The Bertz CT molecular complexity index is 270. The molecule has 0 aromatic carbocycles. The van der Waals surface area contributed by atoms with Crippen molar-refractivity contribution in [2.45, 2.75) is 83.5 Å². The quantitative estimate of drug-likeness (QED) is 0.440. The summed E-state index contributed by atoms with van der Waals surface area (Å²) in [5.41, 5.74) is 0. The summed E-state index contributed by atoms with van der Waals surface area (Å²) in [6.07, 6.45) is 28.3. The van der Waals surface area contributed by atoms with Gasteiger partial charge in [-0.05, 0) is 37.5 Å². The first-order chi connectivity index (χ1) is 9.45. The van der Waals surface area contributed by atoms with Gasteiger partial charge in [-0.15, -0.1) is 0 Å². The SMILES string of the molecule is C1=C\CC2CCCCCCC(/C=C\C/1)CCCCC2. The van der Waals surface area contributed by atoms with Crippen molar-refractivity contribution in [2.75, 3.05) is 0 Å². The molecule has 0 aromatic heterocycles. The topological polar surface area (TPSA) is 0 Å². The zero-order valence-electron chi connectivity index (χ0n) is 12.7. The zero-order chi connectivity index (χ0) is 13.2. The van der Waals surface area contributed by atoms with Gasteiger partial charge in [-0.25, -0.2) is 0 Å². The maximum absolute atomic E-state index is 2.52. The minimum absolute atomic E-state index is 0.866. The number of rotatable bonds is 0. The molecule has 19 heavy (non-hydrogen) atoms. The van der Waals surface area contributed by atoms with Crippen LogP contribution in [0.25, 0.3) is 0 Å². The molecule has 108 valence electrons. The number of fused-ring (bicyclic) bond motifs is 6. The van der Waals surface area contributed by atoms with Crippen LogP contribution in [0.2, 0.25) is 0 Å². The lowest BCUT2D eigenvalue weighted by molar-refractivity contribution is 0.410. The van der Waals surface area contributed by atoms with Gasteiger partial charge < -0.3 is 0 Å². The van der Waals surface area contributed by atoms with E-state index in [1.807, 2.05) is 0 Å². The van der Waals surface area contributed by atoms with Crippen LogP contribution in [0.1, 0.15) is 83.5 Å². The molecule has 0 nitrogen and oxygen atoms in total. The normalized spacial score (nSPS) is 34.5. The second-order valence-corrected chi connectivity index (χ2v) is 6.63. The molecule has 2 bridgehead atoms. The molecule has 0 N–H and O–H groups in total. The molecule has 0 aromatic rings. The third-order valence-electron chi connectivity index (χ3n) is 4.94. The van der Waals surface area contributed by atoms with Crippen LogP contribution in [0.4, 0.5) is 0 Å². The minimum Gasteiger partial charge on any atom is -0.0880 e. The van der Waals surface area contributed by atoms with Crippen molar-refractivity contribution in [3.63, 3.8) is 0 Å². The van der Waals surface area contributed by atoms with Gasteiger partial charge in [0.15, 0.2) is 0 Å². The standard InChI is InChI=1S/C19H32/c1-2-7-13-19-15-9-4-3-8-14-18(12-6-1)16-10-5-11-17-19/h1,6-7,13,18-19H,2-5,8-12,14-17H2/b6-1-,13-7-. The maximum atomic E-state index is 2.52. The zero-order valence-corrected chi connectivity index (χ0v) is 12.7. The summed E-state index contributed by atoms with van der Waals surface area (Å²) in [4.78, 5) is 0. The van der Waals surface area contributed by atoms with Crippen molar-refractivity contribution in [3.05, 3.63) is 24.3 Å². The highest BCUT2D eigenvalue weighted by atomic mass is 14.2. The number of allylic oxidation sites excluding steroid dienone is 4. The Morgan fingerprint density at radius 2 is 1.21 bits per heavy atom. The van der Waals surface area contributed by atoms with E-state index in [1.54, 1.807) is 0 Å². The van der Waals surface area contributed by atoms with Gasteiger partial charge in [0.05, 0.1) is 0 Å². The summed E-state index contributed by atoms with van der Waals surface area (Å²) in [7, 11) is 0. The summed E-state index contributed by atoms with van der Waals surface area (Å²) in [5.74, 6) is 1.84. The molecule has 0 spiro atoms. The molecule has 0 heterocycles. The summed E-state index contributed by atoms with van der Waals surface area (Å²) in [6.45, 7) is 0. The Kier molecular flexibility index (Phi) is 7.36. The fourth-order valence-electron chi connectivity index (χ4n) is 3.66. The fourth-order valence-corrected chi connectivity index (χ4v) is 3.66. The first-order valence-corrected chi connectivity index (χ1v) is 8.77. The molecule has 2 aliphatic carbocycles. The lowest BCUT2D eigenvalue weighted by Gasteiger charge is -2.14. The van der Waals surface area contributed by atoms with Crippen molar-refractivity contribution in [3.8, 4) is 0 Å². The van der Waals surface area contributed by atoms with Crippen molar-refractivity contribution in [1.82, 2.24) is 0 Å². The van der Waals surface area contributed by atoms with Crippen LogP contribution in [0.15, 0.2) is 24.3 Å². The second kappa shape index (κ2) is 9.39. The maximum Gasteiger partial charge on any atom is -0.0169 e. The Balaban J connectivity index is 2.00. The summed E-state index contributed by atoms with van der Waals surface area (Å²) >= 11 is 0. The van der Waals surface area contributed by atoms with Gasteiger partial charge in [0.1, 0.15) is 0 Å². The van der Waals surface area contributed by atoms with E-state index >= 15 is 0 Å². The van der Waals surface area contributed by atoms with Gasteiger partial charge in [0.25, 0.3) is 0 Å². The molecule has 0 heteroatoms. The van der Waals surface area contributed by atoms with Crippen LogP contribution >= 0.6 is 0 Å². The average Bonchev–Trinajstić information content (AvgIpc) is 2.46. The fraction of sp³-hybridized carbons (Fsp3) is 0.789. The molecule has 0 saturated heterocycles. The molecule has 2 atom stereocenters. The van der Waals surface area contributed by atoms with Crippen LogP contribution in [-0.2, 0) is 0 Å². The smallest absolute Gasteiger partial charge is 0.0169 e. The van der Waals surface area contributed by atoms with E-state index in [-0.39, 0.29) is 0 Å². The van der Waals surface area contributed by atoms with Crippen molar-refractivity contribution >= 4 is 0 Å². The van der Waals surface area contributed by atoms with Crippen LogP contribution in [0, 0.1) is 11.8 Å². The highest BCUT2D eigenvalue weighted by Crippen LogP contribution is 2.26. The second-order valence-electron chi connectivity index (χ2n) is 6.63. The first-order valence-electron chi connectivity index (χ1n) is 8.77. The predicted octanol–water partition coefficient (Wildman–Crippen LogP) is 6.43. The van der Waals surface area contributed by atoms with E-state index in [9.17, 15) is 0 Å². The lowest BCUT2D eigenvalue weighted by Crippen LogP contribution is -1.99. The molecule has 2 unspecified atom stereocenters. The van der Waals surface area contributed by atoms with Crippen molar-refractivity contribution in [2.24, 2.45) is 11.8 Å². The Morgan fingerprint density at radius 1 is 0.579 bits per heavy atom. The van der Waals surface area contributed by atoms with E-state index in [0.29, 0.717) is 0 Å². The van der Waals surface area contributed by atoms with Crippen molar-refractivity contribution < 1.29 is 0 Å². The Morgan fingerprint density at radius 3 is 1.95 bits per heavy atom. The molecule has 2 rings (SSSR count). The molecular weight excluding hydrogens is 228 g/mol. The Hall–Kier alpha value is -0.520. The number of hydrogen-bond acceptors (Lipinski definition) is 0. The summed E-state index contributed by atoms with van der Waals surface area (Å²) < 4.78 is 0. The van der Waals surface area contributed by atoms with E-state index in [0.717, 1.165) is 18.3 Å². The third kappa shape index (κ3) is 6.45. The van der Waals surface area contributed by atoms with Gasteiger partial charge >= 0.3 is 0 Å². The van der Waals surface area contributed by atoms with E-state index in [4.69, 9.17) is 0 Å². The molecule has 0 amide bonds.